The standard InChI is InChI=1S/C23H22N4O7S2/c1-11-10-36-20-15(19(29)27(20)16(11)21(30)31)24-17(28)14(12-6-4-3-5-7-12)25-23(33)26-18-13(8-9-35-18)22(32)34-2/h3-9,14-15,20H,10H2,1-2H3,(H,24,28)(H,30,31)(H2,25,26,33)/t14-,15-,20-/m1/s1. The Kier molecular flexibility index (Phi) is 7.31. The summed E-state index contributed by atoms with van der Waals surface area (Å²) >= 11 is 2.47. The number of nitrogens with zero attached hydrogens (tertiary/aromatic N) is 1. The number of anilines is 1. The first kappa shape index (κ1) is 25.3. The zero-order valence-corrected chi connectivity index (χ0v) is 20.8. The number of ether oxygens (including phenoxy) is 1. The number of urea groups is 1. The van der Waals surface area contributed by atoms with Crippen LogP contribution in [0.15, 0.2) is 53.0 Å². The molecule has 4 N–H and O–H groups in total. The van der Waals surface area contributed by atoms with Gasteiger partial charge in [-0.1, -0.05) is 30.3 Å². The van der Waals surface area contributed by atoms with E-state index in [1.165, 1.54) is 29.8 Å². The Labute approximate surface area is 213 Å². The molecule has 4 amide bonds. The molecule has 0 aliphatic carbocycles. The zero-order chi connectivity index (χ0) is 26.0. The average Bonchev–Trinajstić information content (AvgIpc) is 3.33. The second kappa shape index (κ2) is 10.4. The molecule has 1 aromatic carbocycles. The van der Waals surface area contributed by atoms with Crippen LogP contribution in [0.3, 0.4) is 0 Å². The van der Waals surface area contributed by atoms with Gasteiger partial charge >= 0.3 is 18.0 Å². The summed E-state index contributed by atoms with van der Waals surface area (Å²) in [4.78, 5) is 63.5. The molecule has 0 radical (unpaired) electrons. The number of thioether (sulfide) groups is 1. The first-order valence-electron chi connectivity index (χ1n) is 10.7. The Morgan fingerprint density at radius 1 is 1.17 bits per heavy atom. The molecule has 4 rings (SSSR count). The van der Waals surface area contributed by atoms with Crippen molar-refractivity contribution in [2.75, 3.05) is 18.2 Å². The largest absolute Gasteiger partial charge is 0.477 e. The minimum Gasteiger partial charge on any atom is -0.477 e. The van der Waals surface area contributed by atoms with Crippen molar-refractivity contribution in [1.82, 2.24) is 15.5 Å². The van der Waals surface area contributed by atoms with Gasteiger partial charge in [0.05, 0.1) is 12.7 Å². The molecule has 13 heteroatoms. The van der Waals surface area contributed by atoms with Gasteiger partial charge in [-0.15, -0.1) is 23.1 Å². The van der Waals surface area contributed by atoms with E-state index in [2.05, 4.69) is 16.0 Å². The van der Waals surface area contributed by atoms with Gasteiger partial charge < -0.3 is 20.5 Å². The molecule has 188 valence electrons. The predicted molar refractivity (Wildman–Crippen MR) is 132 cm³/mol. The maximum Gasteiger partial charge on any atom is 0.352 e. The van der Waals surface area contributed by atoms with Gasteiger partial charge in [0, 0.05) is 5.75 Å². The molecule has 11 nitrogen and oxygen atoms in total. The lowest BCUT2D eigenvalue weighted by molar-refractivity contribution is -0.151. The first-order valence-corrected chi connectivity index (χ1v) is 12.6. The minimum atomic E-state index is -1.20. The van der Waals surface area contributed by atoms with Gasteiger partial charge in [0.25, 0.3) is 5.91 Å². The van der Waals surface area contributed by atoms with Crippen molar-refractivity contribution in [2.24, 2.45) is 0 Å². The number of amides is 4. The van der Waals surface area contributed by atoms with Gasteiger partial charge in [-0.05, 0) is 29.5 Å². The number of esters is 1. The number of fused-ring (bicyclic) bond motifs is 1. The van der Waals surface area contributed by atoms with Gasteiger partial charge in [0.2, 0.25) is 5.91 Å². The number of rotatable bonds is 7. The Hall–Kier alpha value is -3.84. The maximum absolute atomic E-state index is 13.3. The van der Waals surface area contributed by atoms with E-state index >= 15 is 0 Å². The number of hydrogen-bond acceptors (Lipinski definition) is 8. The molecule has 3 heterocycles. The van der Waals surface area contributed by atoms with E-state index in [1.807, 2.05) is 0 Å². The number of hydrogen-bond donors (Lipinski definition) is 4. The summed E-state index contributed by atoms with van der Waals surface area (Å²) in [6.07, 6.45) is 0. The smallest absolute Gasteiger partial charge is 0.352 e. The summed E-state index contributed by atoms with van der Waals surface area (Å²) in [5, 5.41) is 18.6. The van der Waals surface area contributed by atoms with Crippen molar-refractivity contribution >= 4 is 57.9 Å². The van der Waals surface area contributed by atoms with Crippen molar-refractivity contribution in [2.45, 2.75) is 24.4 Å². The number of carboxylic acids is 1. The van der Waals surface area contributed by atoms with E-state index < -0.39 is 47.2 Å². The molecule has 2 aliphatic heterocycles. The highest BCUT2D eigenvalue weighted by atomic mass is 32.2. The SMILES string of the molecule is COC(=O)c1ccsc1NC(=O)N[C@@H](C(=O)N[C@@H]1C(=O)N2C(C(=O)O)=C(C)CS[C@H]12)c1ccccc1. The summed E-state index contributed by atoms with van der Waals surface area (Å²) in [6.45, 7) is 1.65. The lowest BCUT2D eigenvalue weighted by atomic mass is 10.0. The molecular formula is C23H22N4O7S2. The number of carbonyl (C=O) groups excluding carboxylic acids is 4. The molecule has 0 unspecified atom stereocenters. The van der Waals surface area contributed by atoms with Crippen molar-refractivity contribution in [3.8, 4) is 0 Å². The molecule has 1 aromatic heterocycles. The Morgan fingerprint density at radius 3 is 2.56 bits per heavy atom. The summed E-state index contributed by atoms with van der Waals surface area (Å²) in [5.41, 5.74) is 1.14. The third-order valence-corrected chi connectivity index (χ3v) is 7.88. The summed E-state index contributed by atoms with van der Waals surface area (Å²) in [7, 11) is 1.23. The highest BCUT2D eigenvalue weighted by Crippen LogP contribution is 2.40. The van der Waals surface area contributed by atoms with Crippen LogP contribution < -0.4 is 16.0 Å². The van der Waals surface area contributed by atoms with Crippen LogP contribution in [0, 0.1) is 0 Å². The fourth-order valence-corrected chi connectivity index (χ4v) is 5.97. The molecule has 0 bridgehead atoms. The molecule has 2 aromatic rings. The highest BCUT2D eigenvalue weighted by molar-refractivity contribution is 8.00. The van der Waals surface area contributed by atoms with E-state index in [9.17, 15) is 29.1 Å². The lowest BCUT2D eigenvalue weighted by Gasteiger charge is -2.49. The molecule has 1 saturated heterocycles. The van der Waals surface area contributed by atoms with Crippen molar-refractivity contribution in [3.63, 3.8) is 0 Å². The van der Waals surface area contributed by atoms with Crippen LogP contribution in [-0.2, 0) is 19.1 Å². The molecular weight excluding hydrogens is 508 g/mol. The second-order valence-corrected chi connectivity index (χ2v) is 9.95. The maximum atomic E-state index is 13.3. The van der Waals surface area contributed by atoms with Crippen LogP contribution in [-0.4, -0.2) is 64.1 Å². The van der Waals surface area contributed by atoms with Crippen LogP contribution in [0.1, 0.15) is 28.9 Å². The Bertz CT molecular complexity index is 1260. The summed E-state index contributed by atoms with van der Waals surface area (Å²) in [5.74, 6) is -2.58. The Morgan fingerprint density at radius 2 is 1.89 bits per heavy atom. The number of carbonyl (C=O) groups is 5. The fourth-order valence-electron chi connectivity index (χ4n) is 3.90. The molecule has 0 spiro atoms. The van der Waals surface area contributed by atoms with E-state index in [-0.39, 0.29) is 16.3 Å². The number of aliphatic carboxylic acids is 1. The highest BCUT2D eigenvalue weighted by Gasteiger charge is 2.54. The van der Waals surface area contributed by atoms with Crippen molar-refractivity contribution in [3.05, 3.63) is 64.2 Å². The van der Waals surface area contributed by atoms with Gasteiger partial charge in [-0.2, -0.15) is 0 Å². The third-order valence-electron chi connectivity index (χ3n) is 5.63. The van der Waals surface area contributed by atoms with Gasteiger partial charge in [-0.3, -0.25) is 19.8 Å². The van der Waals surface area contributed by atoms with Crippen molar-refractivity contribution < 1.29 is 33.8 Å². The number of nitrogens with one attached hydrogen (secondary N) is 3. The second-order valence-electron chi connectivity index (χ2n) is 7.93. The van der Waals surface area contributed by atoms with Crippen LogP contribution in [0.2, 0.25) is 0 Å². The van der Waals surface area contributed by atoms with Gasteiger partial charge in [0.15, 0.2) is 0 Å². The molecule has 2 aliphatic rings. The predicted octanol–water partition coefficient (Wildman–Crippen LogP) is 2.16. The number of thiophene rings is 1. The molecule has 0 saturated carbocycles. The summed E-state index contributed by atoms with van der Waals surface area (Å²) in [6, 6.07) is 7.10. The van der Waals surface area contributed by atoms with Crippen LogP contribution in [0.4, 0.5) is 9.80 Å². The normalized spacial score (nSPS) is 19.5. The van der Waals surface area contributed by atoms with Gasteiger partial charge in [-0.25, -0.2) is 14.4 Å². The summed E-state index contributed by atoms with van der Waals surface area (Å²) < 4.78 is 4.70. The van der Waals surface area contributed by atoms with E-state index in [4.69, 9.17) is 4.74 Å². The molecule has 3 atom stereocenters. The monoisotopic (exact) mass is 530 g/mol. The van der Waals surface area contributed by atoms with Crippen LogP contribution in [0.5, 0.6) is 0 Å². The minimum absolute atomic E-state index is 0.0660. The van der Waals surface area contributed by atoms with Crippen LogP contribution in [0.25, 0.3) is 0 Å². The number of methoxy groups -OCH3 is 1. The van der Waals surface area contributed by atoms with Crippen molar-refractivity contribution in [1.29, 1.82) is 0 Å². The molecule has 36 heavy (non-hydrogen) atoms. The number of benzene rings is 1. The first-order chi connectivity index (χ1) is 17.2. The topological polar surface area (TPSA) is 154 Å². The average molecular weight is 531 g/mol. The lowest BCUT2D eigenvalue weighted by Crippen LogP contribution is -2.71. The zero-order valence-electron chi connectivity index (χ0n) is 19.1. The van der Waals surface area contributed by atoms with E-state index in [0.717, 1.165) is 11.3 Å². The molecule has 1 fully saturated rings. The van der Waals surface area contributed by atoms with Crippen LogP contribution >= 0.6 is 23.1 Å². The quantitative estimate of drug-likeness (QED) is 0.314. The third kappa shape index (κ3) is 4.79. The van der Waals surface area contributed by atoms with E-state index in [0.29, 0.717) is 16.9 Å². The van der Waals surface area contributed by atoms with E-state index in [1.54, 1.807) is 42.6 Å². The Balaban J connectivity index is 1.50. The number of β-lactam (4-membered cyclic amide) rings is 1. The fraction of sp³-hybridized carbons (Fsp3) is 0.261. The van der Waals surface area contributed by atoms with Gasteiger partial charge in [0.1, 0.15) is 28.2 Å². The number of carboxylic acid groups (broad SMARTS) is 1.